The third kappa shape index (κ3) is 3.25. The number of aromatic amines is 1. The number of anilines is 1. The molecule has 0 spiro atoms. The summed E-state index contributed by atoms with van der Waals surface area (Å²) in [5.41, 5.74) is 2.07. The van der Waals surface area contributed by atoms with Crippen molar-refractivity contribution >= 4 is 22.9 Å². The van der Waals surface area contributed by atoms with Crippen LogP contribution in [0.15, 0.2) is 24.3 Å². The first-order chi connectivity index (χ1) is 11.8. The number of nitrogens with zero attached hydrogens (tertiary/aromatic N) is 3. The van der Waals surface area contributed by atoms with E-state index in [-0.39, 0.29) is 0 Å². The van der Waals surface area contributed by atoms with Crippen molar-refractivity contribution in [2.24, 2.45) is 5.92 Å². The molecule has 128 valence electrons. The van der Waals surface area contributed by atoms with E-state index in [1.807, 2.05) is 23.1 Å². The number of hydrogen-bond acceptors (Lipinski definition) is 3. The van der Waals surface area contributed by atoms with Crippen LogP contribution in [0.4, 0.5) is 5.95 Å². The second-order valence-electron chi connectivity index (χ2n) is 7.13. The monoisotopic (exact) mass is 326 g/mol. The molecule has 2 aliphatic rings. The van der Waals surface area contributed by atoms with Gasteiger partial charge in [-0.2, -0.15) is 0 Å². The minimum atomic E-state index is 0.339. The first-order valence-electron chi connectivity index (χ1n) is 9.27. The summed E-state index contributed by atoms with van der Waals surface area (Å²) in [6.45, 7) is 3.32. The molecule has 1 N–H and O–H groups in total. The number of carbonyl (C=O) groups excluding carboxylic acids is 1. The topological polar surface area (TPSA) is 52.2 Å². The molecule has 1 aliphatic heterocycles. The molecule has 1 saturated heterocycles. The third-order valence-electron chi connectivity index (χ3n) is 5.55. The quantitative estimate of drug-likeness (QED) is 0.939. The van der Waals surface area contributed by atoms with E-state index in [1.54, 1.807) is 0 Å². The van der Waals surface area contributed by atoms with Crippen LogP contribution in [0.5, 0.6) is 0 Å². The second kappa shape index (κ2) is 6.83. The number of amides is 1. The number of hydrogen-bond donors (Lipinski definition) is 1. The van der Waals surface area contributed by atoms with Crippen LogP contribution in [0.25, 0.3) is 11.0 Å². The standard InChI is InChI=1S/C19H26N4O/c24-18(10-9-15-5-1-2-6-15)22-11-13-23(14-12-22)19-20-16-7-3-4-8-17(16)21-19/h3-4,7-8,15H,1-2,5-6,9-14H2,(H,20,21). The Balaban J connectivity index is 1.30. The fourth-order valence-electron chi connectivity index (χ4n) is 4.04. The first-order valence-corrected chi connectivity index (χ1v) is 9.27. The molecule has 4 rings (SSSR count). The predicted octanol–water partition coefficient (Wildman–Crippen LogP) is 3.18. The summed E-state index contributed by atoms with van der Waals surface area (Å²) in [7, 11) is 0. The summed E-state index contributed by atoms with van der Waals surface area (Å²) in [6, 6.07) is 8.10. The summed E-state index contributed by atoms with van der Waals surface area (Å²) in [4.78, 5) is 24.8. The van der Waals surface area contributed by atoms with Crippen molar-refractivity contribution in [3.05, 3.63) is 24.3 Å². The highest BCUT2D eigenvalue weighted by Crippen LogP contribution is 2.28. The summed E-state index contributed by atoms with van der Waals surface area (Å²) in [5.74, 6) is 2.06. The van der Waals surface area contributed by atoms with Crippen molar-refractivity contribution in [2.45, 2.75) is 38.5 Å². The van der Waals surface area contributed by atoms with E-state index >= 15 is 0 Å². The number of nitrogens with one attached hydrogen (secondary N) is 1. The van der Waals surface area contributed by atoms with Crippen molar-refractivity contribution in [1.29, 1.82) is 0 Å². The molecule has 24 heavy (non-hydrogen) atoms. The van der Waals surface area contributed by atoms with E-state index in [4.69, 9.17) is 0 Å². The normalized spacial score (nSPS) is 19.3. The zero-order valence-corrected chi connectivity index (χ0v) is 14.2. The van der Waals surface area contributed by atoms with Crippen LogP contribution < -0.4 is 4.90 Å². The number of aromatic nitrogens is 2. The van der Waals surface area contributed by atoms with Crippen LogP contribution in [0.1, 0.15) is 38.5 Å². The van der Waals surface area contributed by atoms with Crippen molar-refractivity contribution in [3.8, 4) is 0 Å². The number of benzene rings is 1. The number of carbonyl (C=O) groups is 1. The Morgan fingerprint density at radius 3 is 2.62 bits per heavy atom. The molecule has 0 atom stereocenters. The van der Waals surface area contributed by atoms with Gasteiger partial charge in [0, 0.05) is 32.6 Å². The fraction of sp³-hybridized carbons (Fsp3) is 0.579. The molecule has 1 aromatic heterocycles. The molecule has 0 unspecified atom stereocenters. The zero-order valence-electron chi connectivity index (χ0n) is 14.2. The molecule has 5 nitrogen and oxygen atoms in total. The van der Waals surface area contributed by atoms with Crippen LogP contribution in [0.2, 0.25) is 0 Å². The Morgan fingerprint density at radius 2 is 1.88 bits per heavy atom. The van der Waals surface area contributed by atoms with E-state index in [2.05, 4.69) is 20.9 Å². The van der Waals surface area contributed by atoms with Gasteiger partial charge in [-0.1, -0.05) is 37.8 Å². The Hall–Kier alpha value is -2.04. The van der Waals surface area contributed by atoms with Gasteiger partial charge in [0.15, 0.2) is 0 Å². The molecule has 0 bridgehead atoms. The van der Waals surface area contributed by atoms with Crippen LogP contribution in [-0.2, 0) is 4.79 Å². The van der Waals surface area contributed by atoms with Gasteiger partial charge in [-0.3, -0.25) is 4.79 Å². The van der Waals surface area contributed by atoms with Gasteiger partial charge in [0.25, 0.3) is 0 Å². The molecular weight excluding hydrogens is 300 g/mol. The van der Waals surface area contributed by atoms with Gasteiger partial charge < -0.3 is 14.8 Å². The van der Waals surface area contributed by atoms with E-state index in [9.17, 15) is 4.79 Å². The number of imidazole rings is 1. The molecule has 1 aliphatic carbocycles. The molecule has 0 radical (unpaired) electrons. The van der Waals surface area contributed by atoms with E-state index in [1.165, 1.54) is 25.7 Å². The molecule has 2 fully saturated rings. The summed E-state index contributed by atoms with van der Waals surface area (Å²) < 4.78 is 0. The van der Waals surface area contributed by atoms with Gasteiger partial charge in [0.05, 0.1) is 11.0 Å². The van der Waals surface area contributed by atoms with Crippen LogP contribution in [0.3, 0.4) is 0 Å². The lowest BCUT2D eigenvalue weighted by Crippen LogP contribution is -2.49. The van der Waals surface area contributed by atoms with Crippen molar-refractivity contribution in [1.82, 2.24) is 14.9 Å². The summed E-state index contributed by atoms with van der Waals surface area (Å²) >= 11 is 0. The van der Waals surface area contributed by atoms with E-state index < -0.39 is 0 Å². The Bertz CT molecular complexity index is 663. The Labute approximate surface area is 143 Å². The maximum Gasteiger partial charge on any atom is 0.222 e. The maximum atomic E-state index is 12.4. The van der Waals surface area contributed by atoms with Crippen molar-refractivity contribution in [3.63, 3.8) is 0 Å². The predicted molar refractivity (Wildman–Crippen MR) is 96.1 cm³/mol. The number of fused-ring (bicyclic) bond motifs is 1. The second-order valence-corrected chi connectivity index (χ2v) is 7.13. The van der Waals surface area contributed by atoms with E-state index in [0.717, 1.165) is 61.9 Å². The zero-order chi connectivity index (χ0) is 16.4. The lowest BCUT2D eigenvalue weighted by atomic mass is 10.0. The highest BCUT2D eigenvalue weighted by molar-refractivity contribution is 5.78. The average Bonchev–Trinajstić information content (AvgIpc) is 3.29. The average molecular weight is 326 g/mol. The van der Waals surface area contributed by atoms with Crippen molar-refractivity contribution in [2.75, 3.05) is 31.1 Å². The van der Waals surface area contributed by atoms with Crippen LogP contribution in [-0.4, -0.2) is 47.0 Å². The molecular formula is C19H26N4O. The molecule has 1 saturated carbocycles. The minimum absolute atomic E-state index is 0.339. The number of para-hydroxylation sites is 2. The number of H-pyrrole nitrogens is 1. The van der Waals surface area contributed by atoms with Gasteiger partial charge in [0.1, 0.15) is 0 Å². The van der Waals surface area contributed by atoms with Crippen LogP contribution >= 0.6 is 0 Å². The molecule has 5 heteroatoms. The van der Waals surface area contributed by atoms with Gasteiger partial charge in [-0.25, -0.2) is 4.98 Å². The Kier molecular flexibility index (Phi) is 4.41. The summed E-state index contributed by atoms with van der Waals surface area (Å²) in [5, 5.41) is 0. The minimum Gasteiger partial charge on any atom is -0.339 e. The van der Waals surface area contributed by atoms with Crippen molar-refractivity contribution < 1.29 is 4.79 Å². The van der Waals surface area contributed by atoms with Gasteiger partial charge in [-0.15, -0.1) is 0 Å². The molecule has 1 amide bonds. The molecule has 2 heterocycles. The SMILES string of the molecule is O=C(CCC1CCCC1)N1CCN(c2nc3ccccc3[nH]2)CC1. The van der Waals surface area contributed by atoms with Crippen LogP contribution in [0, 0.1) is 5.92 Å². The lowest BCUT2D eigenvalue weighted by Gasteiger charge is -2.34. The maximum absolute atomic E-state index is 12.4. The third-order valence-corrected chi connectivity index (χ3v) is 5.55. The van der Waals surface area contributed by atoms with Gasteiger partial charge in [0.2, 0.25) is 11.9 Å². The Morgan fingerprint density at radius 1 is 1.12 bits per heavy atom. The van der Waals surface area contributed by atoms with E-state index in [0.29, 0.717) is 5.91 Å². The number of rotatable bonds is 4. The highest BCUT2D eigenvalue weighted by atomic mass is 16.2. The highest BCUT2D eigenvalue weighted by Gasteiger charge is 2.24. The smallest absolute Gasteiger partial charge is 0.222 e. The fourth-order valence-corrected chi connectivity index (χ4v) is 4.04. The molecule has 2 aromatic rings. The first kappa shape index (κ1) is 15.5. The number of piperazine rings is 1. The van der Waals surface area contributed by atoms with Gasteiger partial charge >= 0.3 is 0 Å². The largest absolute Gasteiger partial charge is 0.339 e. The summed E-state index contributed by atoms with van der Waals surface area (Å²) in [6.07, 6.45) is 7.18. The lowest BCUT2D eigenvalue weighted by molar-refractivity contribution is -0.131. The molecule has 1 aromatic carbocycles. The van der Waals surface area contributed by atoms with Gasteiger partial charge in [-0.05, 0) is 24.5 Å².